The number of H-pyrrole nitrogens is 1. The molecule has 5 rings (SSSR count). The number of hydrogen-bond acceptors (Lipinski definition) is 6. The number of aryl methyl sites for hydroxylation is 2. The Morgan fingerprint density at radius 2 is 1.97 bits per heavy atom. The Bertz CT molecular complexity index is 1100. The average Bonchev–Trinajstić information content (AvgIpc) is 3.36. The molecule has 0 saturated carbocycles. The van der Waals surface area contributed by atoms with Crippen LogP contribution < -0.4 is 11.3 Å². The summed E-state index contributed by atoms with van der Waals surface area (Å²) in [7, 11) is 0. The Morgan fingerprint density at radius 3 is 2.65 bits per heavy atom. The molecule has 1 aromatic carbocycles. The topological polar surface area (TPSA) is 112 Å². The number of likely N-dealkylation sites (tertiary alicyclic amines) is 1. The number of fused-ring (bicyclic) bond motifs is 3. The zero-order valence-corrected chi connectivity index (χ0v) is 18.3. The molecule has 0 atom stereocenters. The highest BCUT2D eigenvalue weighted by atomic mass is 32.1. The first-order valence-electron chi connectivity index (χ1n) is 10.8. The molecule has 4 N–H and O–H groups in total. The van der Waals surface area contributed by atoms with Crippen LogP contribution in [-0.2, 0) is 19.4 Å². The third-order valence-electron chi connectivity index (χ3n) is 6.07. The van der Waals surface area contributed by atoms with Crippen molar-refractivity contribution >= 4 is 27.5 Å². The summed E-state index contributed by atoms with van der Waals surface area (Å²) < 4.78 is 0. The second kappa shape index (κ2) is 9.72. The van der Waals surface area contributed by atoms with Crippen molar-refractivity contribution in [2.45, 2.75) is 38.6 Å². The summed E-state index contributed by atoms with van der Waals surface area (Å²) >= 11 is 1.44. The molecule has 3 aromatic rings. The molecule has 1 saturated heterocycles. The van der Waals surface area contributed by atoms with Crippen LogP contribution in [0.2, 0.25) is 0 Å². The monoisotopic (exact) mass is 440 g/mol. The average molecular weight is 441 g/mol. The van der Waals surface area contributed by atoms with Gasteiger partial charge in [0.1, 0.15) is 4.83 Å². The zero-order chi connectivity index (χ0) is 21.8. The standard InChI is InChI=1S/C13H20N2.C10H8N2O3S/c14-10-12-6-8-15(9-7-12)11-13-4-2-1-3-5-13;13-8-6-4-2-1-3-5(4)16-9(6)12-7(11-8)10(14)15/h1-5,12H,6-11,14H2;1-3H2,(H,14,15)(H,11,12,13). The van der Waals surface area contributed by atoms with E-state index in [0.717, 1.165) is 43.8 Å². The number of benzene rings is 1. The predicted molar refractivity (Wildman–Crippen MR) is 123 cm³/mol. The molecule has 1 fully saturated rings. The Kier molecular flexibility index (Phi) is 6.80. The van der Waals surface area contributed by atoms with E-state index in [9.17, 15) is 9.59 Å². The van der Waals surface area contributed by atoms with Crippen LogP contribution in [0.15, 0.2) is 35.1 Å². The van der Waals surface area contributed by atoms with Gasteiger partial charge in [0.15, 0.2) is 0 Å². The van der Waals surface area contributed by atoms with Crippen LogP contribution >= 0.6 is 11.3 Å². The maximum atomic E-state index is 11.8. The minimum Gasteiger partial charge on any atom is -0.475 e. The van der Waals surface area contributed by atoms with Crippen molar-refractivity contribution in [2.24, 2.45) is 11.7 Å². The van der Waals surface area contributed by atoms with Crippen LogP contribution in [0.3, 0.4) is 0 Å². The summed E-state index contributed by atoms with van der Waals surface area (Å²) in [6.45, 7) is 4.37. The number of carboxylic acids is 1. The van der Waals surface area contributed by atoms with Crippen molar-refractivity contribution in [3.05, 3.63) is 62.5 Å². The fraction of sp³-hybridized carbons (Fsp3) is 0.435. The van der Waals surface area contributed by atoms with E-state index in [1.54, 1.807) is 0 Å². The van der Waals surface area contributed by atoms with E-state index < -0.39 is 5.97 Å². The van der Waals surface area contributed by atoms with Gasteiger partial charge in [-0.05, 0) is 68.8 Å². The predicted octanol–water partition coefficient (Wildman–Crippen LogP) is 3.03. The summed E-state index contributed by atoms with van der Waals surface area (Å²) in [6, 6.07) is 10.7. The van der Waals surface area contributed by atoms with Crippen LogP contribution in [0.1, 0.15) is 45.9 Å². The number of aromatic carboxylic acids is 1. The molecule has 2 aromatic heterocycles. The van der Waals surface area contributed by atoms with Gasteiger partial charge in [-0.15, -0.1) is 11.3 Å². The number of rotatable bonds is 4. The fourth-order valence-corrected chi connectivity index (χ4v) is 5.59. The number of nitrogens with two attached hydrogens (primary N) is 1. The van der Waals surface area contributed by atoms with Gasteiger partial charge in [0.2, 0.25) is 5.82 Å². The molecule has 0 unspecified atom stereocenters. The first-order valence-corrected chi connectivity index (χ1v) is 11.6. The molecule has 1 aliphatic heterocycles. The van der Waals surface area contributed by atoms with Gasteiger partial charge in [0.25, 0.3) is 5.56 Å². The fourth-order valence-electron chi connectivity index (χ4n) is 4.33. The maximum absolute atomic E-state index is 11.8. The number of carboxylic acid groups (broad SMARTS) is 1. The highest BCUT2D eigenvalue weighted by Crippen LogP contribution is 2.34. The number of hydrogen-bond donors (Lipinski definition) is 3. The van der Waals surface area contributed by atoms with Gasteiger partial charge >= 0.3 is 5.97 Å². The Hall–Kier alpha value is -2.55. The third kappa shape index (κ3) is 5.03. The lowest BCUT2D eigenvalue weighted by atomic mass is 9.97. The first-order chi connectivity index (χ1) is 15.0. The molecule has 164 valence electrons. The van der Waals surface area contributed by atoms with E-state index in [1.165, 1.54) is 47.7 Å². The number of aromatic amines is 1. The largest absolute Gasteiger partial charge is 0.475 e. The Morgan fingerprint density at radius 1 is 1.23 bits per heavy atom. The molecule has 8 heteroatoms. The van der Waals surface area contributed by atoms with E-state index in [4.69, 9.17) is 10.8 Å². The van der Waals surface area contributed by atoms with Crippen LogP contribution in [-0.4, -0.2) is 45.6 Å². The second-order valence-corrected chi connectivity index (χ2v) is 9.28. The van der Waals surface area contributed by atoms with Crippen molar-refractivity contribution in [3.8, 4) is 0 Å². The highest BCUT2D eigenvalue weighted by Gasteiger charge is 2.22. The molecule has 1 aliphatic carbocycles. The van der Waals surface area contributed by atoms with Crippen molar-refractivity contribution in [2.75, 3.05) is 19.6 Å². The van der Waals surface area contributed by atoms with E-state index >= 15 is 0 Å². The van der Waals surface area contributed by atoms with Gasteiger partial charge in [-0.25, -0.2) is 9.78 Å². The molecule has 7 nitrogen and oxygen atoms in total. The van der Waals surface area contributed by atoms with Crippen molar-refractivity contribution < 1.29 is 9.90 Å². The lowest BCUT2D eigenvalue weighted by molar-refractivity contribution is 0.0683. The molecule has 0 spiro atoms. The molecule has 0 bridgehead atoms. The summed E-state index contributed by atoms with van der Waals surface area (Å²) in [6.07, 6.45) is 5.47. The molecular weight excluding hydrogens is 412 g/mol. The number of nitrogens with zero attached hydrogens (tertiary/aromatic N) is 2. The zero-order valence-electron chi connectivity index (χ0n) is 17.5. The Balaban J connectivity index is 0.000000150. The number of thiophene rings is 1. The molecule has 0 radical (unpaired) electrons. The first kappa shape index (κ1) is 21.7. The van der Waals surface area contributed by atoms with Crippen molar-refractivity contribution in [1.82, 2.24) is 14.9 Å². The number of aromatic nitrogens is 2. The summed E-state index contributed by atoms with van der Waals surface area (Å²) in [5, 5.41) is 9.37. The van der Waals surface area contributed by atoms with Crippen LogP contribution in [0.25, 0.3) is 10.2 Å². The maximum Gasteiger partial charge on any atom is 0.372 e. The molecule has 31 heavy (non-hydrogen) atoms. The molecule has 2 aliphatic rings. The van der Waals surface area contributed by atoms with Gasteiger partial charge in [-0.2, -0.15) is 0 Å². The van der Waals surface area contributed by atoms with Gasteiger partial charge in [-0.1, -0.05) is 30.3 Å². The quantitative estimate of drug-likeness (QED) is 0.575. The van der Waals surface area contributed by atoms with Crippen molar-refractivity contribution in [3.63, 3.8) is 0 Å². The highest BCUT2D eigenvalue weighted by molar-refractivity contribution is 7.18. The smallest absolute Gasteiger partial charge is 0.372 e. The van der Waals surface area contributed by atoms with Crippen LogP contribution in [0.4, 0.5) is 0 Å². The lowest BCUT2D eigenvalue weighted by Gasteiger charge is -2.31. The van der Waals surface area contributed by atoms with E-state index in [2.05, 4.69) is 45.2 Å². The SMILES string of the molecule is NCC1CCN(Cc2ccccc2)CC1.O=C(O)c1nc2sc3c(c2c(=O)[nH]1)CCC3. The number of piperidine rings is 1. The number of nitrogens with one attached hydrogen (secondary N) is 1. The minimum atomic E-state index is -1.20. The number of carbonyl (C=O) groups is 1. The van der Waals surface area contributed by atoms with E-state index in [1.807, 2.05) is 0 Å². The van der Waals surface area contributed by atoms with E-state index in [-0.39, 0.29) is 11.4 Å². The summed E-state index contributed by atoms with van der Waals surface area (Å²) in [5.41, 5.74) is 7.83. The van der Waals surface area contributed by atoms with Crippen molar-refractivity contribution in [1.29, 1.82) is 0 Å². The summed E-state index contributed by atoms with van der Waals surface area (Å²) in [4.78, 5) is 33.0. The Labute approximate surface area is 184 Å². The second-order valence-electron chi connectivity index (χ2n) is 8.20. The van der Waals surface area contributed by atoms with Gasteiger partial charge < -0.3 is 15.8 Å². The molecule has 0 amide bonds. The van der Waals surface area contributed by atoms with Gasteiger partial charge in [0.05, 0.1) is 5.39 Å². The van der Waals surface area contributed by atoms with Crippen LogP contribution in [0, 0.1) is 5.92 Å². The van der Waals surface area contributed by atoms with E-state index in [0.29, 0.717) is 10.2 Å². The van der Waals surface area contributed by atoms with Crippen LogP contribution in [0.5, 0.6) is 0 Å². The third-order valence-corrected chi connectivity index (χ3v) is 7.25. The molecular formula is C23H28N4O3S. The normalized spacial score (nSPS) is 16.7. The van der Waals surface area contributed by atoms with Gasteiger partial charge in [-0.3, -0.25) is 9.69 Å². The molecule has 3 heterocycles. The summed E-state index contributed by atoms with van der Waals surface area (Å²) in [5.74, 6) is -0.720. The minimum absolute atomic E-state index is 0.280. The van der Waals surface area contributed by atoms with Gasteiger partial charge in [0, 0.05) is 11.4 Å². The lowest BCUT2D eigenvalue weighted by Crippen LogP contribution is -2.35.